The molecule has 1 N–H and O–H groups in total. The number of rotatable bonds is 3. The van der Waals surface area contributed by atoms with E-state index in [1.807, 2.05) is 12.1 Å². The molecule has 3 heterocycles. The van der Waals surface area contributed by atoms with Gasteiger partial charge in [0.05, 0.1) is 11.8 Å². The largest absolute Gasteiger partial charge is 0.469 e. The van der Waals surface area contributed by atoms with Crippen LogP contribution in [0.4, 0.5) is 14.9 Å². The number of amides is 3. The zero-order valence-corrected chi connectivity index (χ0v) is 13.6. The third-order valence-corrected chi connectivity index (χ3v) is 4.77. The number of anilines is 1. The Morgan fingerprint density at radius 2 is 2.16 bits per heavy atom. The smallest absolute Gasteiger partial charge is 0.321 e. The molecule has 7 heteroatoms. The van der Waals surface area contributed by atoms with Crippen LogP contribution >= 0.6 is 0 Å². The number of benzene rings is 1. The number of hydrogen-bond donors (Lipinski definition) is 1. The van der Waals surface area contributed by atoms with E-state index in [0.29, 0.717) is 31.9 Å². The fourth-order valence-corrected chi connectivity index (χ4v) is 3.43. The van der Waals surface area contributed by atoms with Crippen molar-refractivity contribution in [1.82, 2.24) is 10.2 Å². The minimum atomic E-state index is -0.574. The van der Waals surface area contributed by atoms with E-state index < -0.39 is 5.82 Å². The highest BCUT2D eigenvalue weighted by Crippen LogP contribution is 2.29. The molecular formula is C18H18FN3O3. The summed E-state index contributed by atoms with van der Waals surface area (Å²) in [6.45, 7) is 2.09. The highest BCUT2D eigenvalue weighted by molar-refractivity contribution is 5.98. The Bertz CT molecular complexity index is 806. The van der Waals surface area contributed by atoms with Crippen LogP contribution in [-0.4, -0.2) is 43.0 Å². The van der Waals surface area contributed by atoms with E-state index in [9.17, 15) is 14.0 Å². The molecule has 4 rings (SSSR count). The third kappa shape index (κ3) is 2.86. The quantitative estimate of drug-likeness (QED) is 0.931. The predicted molar refractivity (Wildman–Crippen MR) is 89.1 cm³/mol. The first-order chi connectivity index (χ1) is 12.1. The molecule has 2 fully saturated rings. The maximum atomic E-state index is 14.2. The molecule has 6 nitrogen and oxygen atoms in total. The van der Waals surface area contributed by atoms with E-state index in [-0.39, 0.29) is 23.4 Å². The molecule has 1 aromatic carbocycles. The maximum absolute atomic E-state index is 14.2. The first-order valence-corrected chi connectivity index (χ1v) is 8.31. The molecule has 0 spiro atoms. The number of likely N-dealkylation sites (tertiary alicyclic amines) is 1. The summed E-state index contributed by atoms with van der Waals surface area (Å²) in [5, 5.41) is 2.70. The van der Waals surface area contributed by atoms with Gasteiger partial charge in [-0.05, 0) is 36.8 Å². The van der Waals surface area contributed by atoms with E-state index in [0.717, 1.165) is 12.2 Å². The fraction of sp³-hybridized carbons (Fsp3) is 0.333. The van der Waals surface area contributed by atoms with Gasteiger partial charge in [0.2, 0.25) is 0 Å². The van der Waals surface area contributed by atoms with E-state index in [1.54, 1.807) is 11.2 Å². The molecule has 2 saturated heterocycles. The SMILES string of the molecule is O=C(c1cc(N2CCNC2=O)ccc1F)N1CCC(c2ccco2)C1. The first kappa shape index (κ1) is 15.7. The minimum absolute atomic E-state index is 0.00250. The number of furan rings is 1. The number of carbonyl (C=O) groups excluding carboxylic acids is 2. The Labute approximate surface area is 144 Å². The second-order valence-electron chi connectivity index (χ2n) is 6.30. The number of hydrogen-bond acceptors (Lipinski definition) is 3. The Morgan fingerprint density at radius 1 is 1.28 bits per heavy atom. The van der Waals surface area contributed by atoms with E-state index in [4.69, 9.17) is 4.42 Å². The lowest BCUT2D eigenvalue weighted by molar-refractivity contribution is 0.0785. The van der Waals surface area contributed by atoms with Gasteiger partial charge in [-0.25, -0.2) is 9.18 Å². The molecule has 0 aliphatic carbocycles. The number of halogens is 1. The molecule has 25 heavy (non-hydrogen) atoms. The molecule has 0 saturated carbocycles. The molecule has 0 radical (unpaired) electrons. The number of urea groups is 1. The second kappa shape index (κ2) is 6.23. The molecule has 2 aliphatic heterocycles. The lowest BCUT2D eigenvalue weighted by Gasteiger charge is -2.19. The fourth-order valence-electron chi connectivity index (χ4n) is 3.43. The molecular weight excluding hydrogens is 325 g/mol. The van der Waals surface area contributed by atoms with Gasteiger partial charge >= 0.3 is 6.03 Å². The van der Waals surface area contributed by atoms with Crippen LogP contribution in [0.2, 0.25) is 0 Å². The zero-order chi connectivity index (χ0) is 17.4. The normalized spacial score (nSPS) is 20.2. The van der Waals surface area contributed by atoms with Crippen LogP contribution in [0.25, 0.3) is 0 Å². The summed E-state index contributed by atoms with van der Waals surface area (Å²) in [4.78, 5) is 27.7. The molecule has 2 aromatic rings. The van der Waals surface area contributed by atoms with Crippen molar-refractivity contribution in [1.29, 1.82) is 0 Å². The van der Waals surface area contributed by atoms with Crippen LogP contribution in [0.1, 0.15) is 28.5 Å². The topological polar surface area (TPSA) is 65.8 Å². The van der Waals surface area contributed by atoms with Crippen LogP contribution in [-0.2, 0) is 0 Å². The standard InChI is InChI=1S/C18H18FN3O3/c19-15-4-3-13(22-8-6-20-18(22)24)10-14(15)17(23)21-7-5-12(11-21)16-2-1-9-25-16/h1-4,9-10,12H,5-8,11H2,(H,20,24). The van der Waals surface area contributed by atoms with Crippen molar-refractivity contribution in [2.75, 3.05) is 31.1 Å². The third-order valence-electron chi connectivity index (χ3n) is 4.77. The van der Waals surface area contributed by atoms with E-state index in [2.05, 4.69) is 5.32 Å². The van der Waals surface area contributed by atoms with Crippen LogP contribution in [0, 0.1) is 5.82 Å². The predicted octanol–water partition coefficient (Wildman–Crippen LogP) is 2.58. The number of nitrogens with zero attached hydrogens (tertiary/aromatic N) is 2. The zero-order valence-electron chi connectivity index (χ0n) is 13.6. The summed E-state index contributed by atoms with van der Waals surface area (Å²) in [6.07, 6.45) is 2.40. The summed E-state index contributed by atoms with van der Waals surface area (Å²) in [5.41, 5.74) is 0.527. The van der Waals surface area contributed by atoms with E-state index >= 15 is 0 Å². The van der Waals surface area contributed by atoms with Crippen molar-refractivity contribution in [3.05, 3.63) is 53.7 Å². The van der Waals surface area contributed by atoms with Crippen molar-refractivity contribution in [2.45, 2.75) is 12.3 Å². The van der Waals surface area contributed by atoms with Gasteiger partial charge in [0.15, 0.2) is 0 Å². The van der Waals surface area contributed by atoms with Crippen LogP contribution < -0.4 is 10.2 Å². The van der Waals surface area contributed by atoms with Gasteiger partial charge in [0.25, 0.3) is 5.91 Å². The van der Waals surface area contributed by atoms with Gasteiger partial charge in [-0.1, -0.05) is 0 Å². The van der Waals surface area contributed by atoms with E-state index in [1.165, 1.54) is 23.1 Å². The highest BCUT2D eigenvalue weighted by atomic mass is 19.1. The number of nitrogens with one attached hydrogen (secondary N) is 1. The average molecular weight is 343 g/mol. The molecule has 0 bridgehead atoms. The summed E-state index contributed by atoms with van der Waals surface area (Å²) in [5.74, 6) is 0.0515. The summed E-state index contributed by atoms with van der Waals surface area (Å²) < 4.78 is 19.7. The second-order valence-corrected chi connectivity index (χ2v) is 6.30. The summed E-state index contributed by atoms with van der Waals surface area (Å²) in [7, 11) is 0. The average Bonchev–Trinajstić information content (AvgIpc) is 3.35. The van der Waals surface area contributed by atoms with Gasteiger partial charge in [0, 0.05) is 37.8 Å². The highest BCUT2D eigenvalue weighted by Gasteiger charge is 2.31. The lowest BCUT2D eigenvalue weighted by atomic mass is 10.1. The molecule has 2 aliphatic rings. The van der Waals surface area contributed by atoms with Crippen LogP contribution in [0.3, 0.4) is 0 Å². The van der Waals surface area contributed by atoms with Gasteiger partial charge in [-0.3, -0.25) is 9.69 Å². The first-order valence-electron chi connectivity index (χ1n) is 8.31. The van der Waals surface area contributed by atoms with Gasteiger partial charge in [0.1, 0.15) is 11.6 Å². The molecule has 1 atom stereocenters. The van der Waals surface area contributed by atoms with Crippen molar-refractivity contribution in [3.63, 3.8) is 0 Å². The Hall–Kier alpha value is -2.83. The van der Waals surface area contributed by atoms with Crippen LogP contribution in [0.15, 0.2) is 41.0 Å². The van der Waals surface area contributed by atoms with Crippen molar-refractivity contribution in [3.8, 4) is 0 Å². The molecule has 1 aromatic heterocycles. The minimum Gasteiger partial charge on any atom is -0.469 e. The van der Waals surface area contributed by atoms with Gasteiger partial charge < -0.3 is 14.6 Å². The van der Waals surface area contributed by atoms with Crippen molar-refractivity contribution < 1.29 is 18.4 Å². The Kier molecular flexibility index (Phi) is 3.91. The molecule has 130 valence electrons. The molecule has 3 amide bonds. The van der Waals surface area contributed by atoms with Crippen LogP contribution in [0.5, 0.6) is 0 Å². The maximum Gasteiger partial charge on any atom is 0.321 e. The molecule has 1 unspecified atom stereocenters. The summed E-state index contributed by atoms with van der Waals surface area (Å²) >= 11 is 0. The number of carbonyl (C=O) groups is 2. The van der Waals surface area contributed by atoms with Crippen molar-refractivity contribution in [2.24, 2.45) is 0 Å². The lowest BCUT2D eigenvalue weighted by Crippen LogP contribution is -2.30. The Balaban J connectivity index is 1.55. The van der Waals surface area contributed by atoms with Gasteiger partial charge in [-0.15, -0.1) is 0 Å². The summed E-state index contributed by atoms with van der Waals surface area (Å²) in [6, 6.07) is 7.71. The monoisotopic (exact) mass is 343 g/mol. The van der Waals surface area contributed by atoms with Gasteiger partial charge in [-0.2, -0.15) is 0 Å². The Morgan fingerprint density at radius 3 is 2.88 bits per heavy atom. The van der Waals surface area contributed by atoms with Crippen molar-refractivity contribution >= 4 is 17.6 Å².